The summed E-state index contributed by atoms with van der Waals surface area (Å²) in [6.07, 6.45) is 0. The van der Waals surface area contributed by atoms with Gasteiger partial charge in [-0.2, -0.15) is 0 Å². The predicted octanol–water partition coefficient (Wildman–Crippen LogP) is 8.83. The minimum Gasteiger partial charge on any atom is -0.454 e. The molecule has 164 valence electrons. The molecule has 1 aliphatic rings. The van der Waals surface area contributed by atoms with Crippen molar-refractivity contribution in [3.8, 4) is 11.1 Å². The standard InChI is InChI=1S/C31H29NO/c1-30(2,3)32(26-18-10-14-21-20-12-7-9-19-27(20)33-29(21)26)25-17-11-16-24-28(25)22-13-6-8-15-23(22)31(24,4)5/h6-19H,1-5H3. The van der Waals surface area contributed by atoms with Gasteiger partial charge < -0.3 is 9.32 Å². The van der Waals surface area contributed by atoms with Crippen molar-refractivity contribution >= 4 is 33.3 Å². The highest BCUT2D eigenvalue weighted by Crippen LogP contribution is 2.54. The molecule has 1 heterocycles. The maximum atomic E-state index is 6.47. The Morgan fingerprint density at radius 2 is 1.30 bits per heavy atom. The lowest BCUT2D eigenvalue weighted by atomic mass is 9.82. The third-order valence-electron chi connectivity index (χ3n) is 7.12. The number of anilines is 2. The first-order chi connectivity index (χ1) is 15.8. The summed E-state index contributed by atoms with van der Waals surface area (Å²) in [6, 6.07) is 30.5. The highest BCUT2D eigenvalue weighted by atomic mass is 16.3. The molecule has 6 rings (SSSR count). The second-order valence-corrected chi connectivity index (χ2v) is 10.6. The Morgan fingerprint density at radius 3 is 2.12 bits per heavy atom. The molecular formula is C31H29NO. The summed E-state index contributed by atoms with van der Waals surface area (Å²) in [5.41, 5.74) is 9.45. The summed E-state index contributed by atoms with van der Waals surface area (Å²) in [5, 5.41) is 2.32. The lowest BCUT2D eigenvalue weighted by Gasteiger charge is -2.39. The Kier molecular flexibility index (Phi) is 4.11. The van der Waals surface area contributed by atoms with Gasteiger partial charge in [0.25, 0.3) is 0 Å². The molecule has 0 N–H and O–H groups in total. The van der Waals surface area contributed by atoms with Crippen molar-refractivity contribution in [1.82, 2.24) is 0 Å². The third-order valence-corrected chi connectivity index (χ3v) is 7.12. The molecule has 0 unspecified atom stereocenters. The van der Waals surface area contributed by atoms with Gasteiger partial charge in [-0.3, -0.25) is 0 Å². The molecule has 0 aliphatic heterocycles. The molecule has 0 amide bonds. The number of nitrogens with zero attached hydrogens (tertiary/aromatic N) is 1. The van der Waals surface area contributed by atoms with Crippen molar-refractivity contribution < 1.29 is 4.42 Å². The molecule has 33 heavy (non-hydrogen) atoms. The van der Waals surface area contributed by atoms with Crippen LogP contribution in [0, 0.1) is 0 Å². The second-order valence-electron chi connectivity index (χ2n) is 10.6. The van der Waals surface area contributed by atoms with Crippen LogP contribution in [0.25, 0.3) is 33.1 Å². The van der Waals surface area contributed by atoms with E-state index in [2.05, 4.69) is 118 Å². The zero-order valence-corrected chi connectivity index (χ0v) is 19.9. The fourth-order valence-electron chi connectivity index (χ4n) is 5.68. The van der Waals surface area contributed by atoms with Gasteiger partial charge in [0.2, 0.25) is 0 Å². The van der Waals surface area contributed by atoms with Crippen LogP contribution in [-0.2, 0) is 5.41 Å². The number of rotatable bonds is 2. The Balaban J connectivity index is 1.68. The minimum absolute atomic E-state index is 0.0309. The molecule has 0 spiro atoms. The van der Waals surface area contributed by atoms with E-state index >= 15 is 0 Å². The third kappa shape index (κ3) is 2.80. The van der Waals surface area contributed by atoms with Crippen molar-refractivity contribution in [3.63, 3.8) is 0 Å². The average molecular weight is 432 g/mol. The average Bonchev–Trinajstić information content (AvgIpc) is 3.28. The quantitative estimate of drug-likeness (QED) is 0.277. The van der Waals surface area contributed by atoms with Crippen LogP contribution >= 0.6 is 0 Å². The summed E-state index contributed by atoms with van der Waals surface area (Å²) in [4.78, 5) is 2.47. The predicted molar refractivity (Wildman–Crippen MR) is 140 cm³/mol. The molecule has 0 radical (unpaired) electrons. The highest BCUT2D eigenvalue weighted by Gasteiger charge is 2.39. The summed E-state index contributed by atoms with van der Waals surface area (Å²) in [6.45, 7) is 11.5. The molecular weight excluding hydrogens is 402 g/mol. The number of fused-ring (bicyclic) bond motifs is 6. The smallest absolute Gasteiger partial charge is 0.159 e. The van der Waals surface area contributed by atoms with Gasteiger partial charge in [-0.25, -0.2) is 0 Å². The van der Waals surface area contributed by atoms with Gasteiger partial charge in [0, 0.05) is 33.0 Å². The van der Waals surface area contributed by atoms with E-state index in [4.69, 9.17) is 4.42 Å². The van der Waals surface area contributed by atoms with E-state index in [9.17, 15) is 0 Å². The Hall–Kier alpha value is -3.52. The van der Waals surface area contributed by atoms with Crippen LogP contribution in [0.3, 0.4) is 0 Å². The SMILES string of the molecule is CC1(C)c2ccccc2-c2c(N(c3cccc4c3oc3ccccc34)C(C)(C)C)cccc21. The molecule has 4 aromatic carbocycles. The van der Waals surface area contributed by atoms with Crippen molar-refractivity contribution in [2.75, 3.05) is 4.90 Å². The van der Waals surface area contributed by atoms with E-state index in [0.29, 0.717) is 0 Å². The molecule has 0 saturated carbocycles. The number of para-hydroxylation sites is 2. The van der Waals surface area contributed by atoms with Crippen molar-refractivity contribution in [2.24, 2.45) is 0 Å². The number of hydrogen-bond acceptors (Lipinski definition) is 2. The molecule has 0 fully saturated rings. The maximum Gasteiger partial charge on any atom is 0.159 e. The highest BCUT2D eigenvalue weighted by molar-refractivity contribution is 6.10. The van der Waals surface area contributed by atoms with Gasteiger partial charge in [0.15, 0.2) is 5.58 Å². The first-order valence-electron chi connectivity index (χ1n) is 11.7. The number of furan rings is 1. The largest absolute Gasteiger partial charge is 0.454 e. The van der Waals surface area contributed by atoms with E-state index in [1.165, 1.54) is 27.9 Å². The van der Waals surface area contributed by atoms with Crippen LogP contribution < -0.4 is 4.90 Å². The molecule has 2 nitrogen and oxygen atoms in total. The monoisotopic (exact) mass is 431 g/mol. The van der Waals surface area contributed by atoms with Gasteiger partial charge in [-0.05, 0) is 55.7 Å². The van der Waals surface area contributed by atoms with E-state index in [1.54, 1.807) is 0 Å². The van der Waals surface area contributed by atoms with Crippen LogP contribution in [0.2, 0.25) is 0 Å². The minimum atomic E-state index is -0.163. The van der Waals surface area contributed by atoms with Crippen molar-refractivity contribution in [3.05, 3.63) is 96.1 Å². The molecule has 1 aromatic heterocycles. The van der Waals surface area contributed by atoms with Crippen LogP contribution in [0.15, 0.2) is 89.3 Å². The molecule has 0 bridgehead atoms. The first-order valence-corrected chi connectivity index (χ1v) is 11.7. The number of benzene rings is 4. The zero-order chi connectivity index (χ0) is 23.0. The van der Waals surface area contributed by atoms with Gasteiger partial charge in [-0.1, -0.05) is 80.6 Å². The molecule has 0 atom stereocenters. The van der Waals surface area contributed by atoms with E-state index < -0.39 is 0 Å². The molecule has 5 aromatic rings. The van der Waals surface area contributed by atoms with Crippen LogP contribution in [-0.4, -0.2) is 5.54 Å². The molecule has 0 saturated heterocycles. The van der Waals surface area contributed by atoms with Gasteiger partial charge in [0.05, 0.1) is 5.69 Å². The fraction of sp³-hybridized carbons (Fsp3) is 0.226. The Bertz CT molecular complexity index is 1530. The summed E-state index contributed by atoms with van der Waals surface area (Å²) in [5.74, 6) is 0. The van der Waals surface area contributed by atoms with Crippen molar-refractivity contribution in [1.29, 1.82) is 0 Å². The summed E-state index contributed by atoms with van der Waals surface area (Å²) < 4.78 is 6.47. The topological polar surface area (TPSA) is 16.4 Å². The lowest BCUT2D eigenvalue weighted by molar-refractivity contribution is 0.557. The van der Waals surface area contributed by atoms with Gasteiger partial charge >= 0.3 is 0 Å². The zero-order valence-electron chi connectivity index (χ0n) is 19.9. The lowest BCUT2D eigenvalue weighted by Crippen LogP contribution is -2.38. The maximum absolute atomic E-state index is 6.47. The first kappa shape index (κ1) is 20.1. The normalized spacial score (nSPS) is 14.5. The molecule has 2 heteroatoms. The van der Waals surface area contributed by atoms with Crippen molar-refractivity contribution in [2.45, 2.75) is 45.6 Å². The molecule has 1 aliphatic carbocycles. The summed E-state index contributed by atoms with van der Waals surface area (Å²) in [7, 11) is 0. The Morgan fingerprint density at radius 1 is 0.667 bits per heavy atom. The Labute approximate surface area is 195 Å². The number of hydrogen-bond donors (Lipinski definition) is 0. The van der Waals surface area contributed by atoms with Gasteiger partial charge in [0.1, 0.15) is 5.58 Å². The van der Waals surface area contributed by atoms with E-state index in [-0.39, 0.29) is 11.0 Å². The van der Waals surface area contributed by atoms with Crippen LogP contribution in [0.4, 0.5) is 11.4 Å². The van der Waals surface area contributed by atoms with Crippen LogP contribution in [0.5, 0.6) is 0 Å². The summed E-state index contributed by atoms with van der Waals surface area (Å²) >= 11 is 0. The fourth-order valence-corrected chi connectivity index (χ4v) is 5.68. The van der Waals surface area contributed by atoms with E-state index in [1.807, 2.05) is 6.07 Å². The van der Waals surface area contributed by atoms with Gasteiger partial charge in [-0.15, -0.1) is 0 Å². The van der Waals surface area contributed by atoms with Crippen LogP contribution in [0.1, 0.15) is 45.7 Å². The second kappa shape index (κ2) is 6.74. The van der Waals surface area contributed by atoms with E-state index in [0.717, 1.165) is 27.6 Å².